The largest absolute Gasteiger partial charge is 0.448 e. The van der Waals surface area contributed by atoms with E-state index in [1.165, 1.54) is 69.7 Å². The van der Waals surface area contributed by atoms with Crippen LogP contribution in [0.5, 0.6) is 0 Å². The Labute approximate surface area is 842 Å². The Morgan fingerprint density at radius 2 is 0.993 bits per heavy atom. The quantitative estimate of drug-likeness (QED) is 0.0106. The average Bonchev–Trinajstić information content (AvgIpc) is 1.09. The molecule has 1 aliphatic carbocycles. The molecule has 29 nitrogen and oxygen atoms in total. The van der Waals surface area contributed by atoms with Gasteiger partial charge in [-0.05, 0) is 188 Å². The van der Waals surface area contributed by atoms with Gasteiger partial charge in [0.05, 0.1) is 40.6 Å². The van der Waals surface area contributed by atoms with Crippen molar-refractivity contribution in [2.24, 2.45) is 5.92 Å². The molecule has 0 unspecified atom stereocenters. The fourth-order valence-corrected chi connectivity index (χ4v) is 20.9. The number of aromatic nitrogens is 1. The Kier molecular flexibility index (Phi) is 38.4. The minimum atomic E-state index is -1.67. The second kappa shape index (κ2) is 49.8. The highest BCUT2D eigenvalue weighted by Crippen LogP contribution is 2.50. The summed E-state index contributed by atoms with van der Waals surface area (Å²) in [6, 6.07) is 49.7. The highest BCUT2D eigenvalue weighted by molar-refractivity contribution is 8.00. The summed E-state index contributed by atoms with van der Waals surface area (Å²) >= 11 is 2.84. The lowest BCUT2D eigenvalue weighted by molar-refractivity contribution is -0.149. The van der Waals surface area contributed by atoms with Gasteiger partial charge in [0.15, 0.2) is 11.6 Å². The summed E-state index contributed by atoms with van der Waals surface area (Å²) in [5.41, 5.74) is 4.51. The lowest BCUT2D eigenvalue weighted by atomic mass is 9.84. The maximum Gasteiger partial charge on any atom is 0.419 e. The summed E-state index contributed by atoms with van der Waals surface area (Å²) < 4.78 is 31.1. The van der Waals surface area contributed by atoms with E-state index in [1.807, 2.05) is 204 Å². The minimum absolute atomic E-state index is 0.00445. The molecule has 2 aromatic heterocycles. The highest BCUT2D eigenvalue weighted by atomic mass is 32.2. The number of hydrogen-bond acceptors (Lipinski definition) is 20. The van der Waals surface area contributed by atoms with Gasteiger partial charge in [-0.15, -0.1) is 23.1 Å². The van der Waals surface area contributed by atoms with Crippen molar-refractivity contribution in [3.05, 3.63) is 239 Å². The second-order valence-electron chi connectivity index (χ2n) is 40.6. The third kappa shape index (κ3) is 29.7. The number of carbonyl (C=O) groups excluding carboxylic acids is 13. The van der Waals surface area contributed by atoms with Crippen LogP contribution in [0.3, 0.4) is 0 Å². The number of amides is 10. The first-order valence-corrected chi connectivity index (χ1v) is 51.2. The molecule has 760 valence electrons. The molecule has 1 fully saturated rings. The van der Waals surface area contributed by atoms with Gasteiger partial charge in [0.2, 0.25) is 41.4 Å². The number of likely N-dealkylation sites (tertiary alicyclic amines) is 1. The zero-order valence-electron chi connectivity index (χ0n) is 84.9. The summed E-state index contributed by atoms with van der Waals surface area (Å²) in [4.78, 5) is 200. The molecule has 9 aromatic rings. The molecule has 1 saturated heterocycles. The predicted octanol–water partition coefficient (Wildman–Crippen LogP) is 17.2. The molecule has 31 heteroatoms. The highest BCUT2D eigenvalue weighted by Gasteiger charge is 2.47. The zero-order valence-corrected chi connectivity index (χ0v) is 86.6. The van der Waals surface area contributed by atoms with Gasteiger partial charge >= 0.3 is 24.4 Å². The van der Waals surface area contributed by atoms with E-state index in [2.05, 4.69) is 37.2 Å². The molecule has 1 aliphatic heterocycles. The number of para-hydroxylation sites is 1. The molecule has 0 bridgehead atoms. The number of alkyl carbamates (subject to hydrolysis) is 2. The Hall–Kier alpha value is -12.7. The number of thioether (sulfide) groups is 1. The van der Waals surface area contributed by atoms with Crippen molar-refractivity contribution in [3.63, 3.8) is 0 Å². The van der Waals surface area contributed by atoms with Gasteiger partial charge in [-0.2, -0.15) is 0 Å². The molecule has 0 saturated carbocycles. The Morgan fingerprint density at radius 3 is 1.56 bits per heavy atom. The van der Waals surface area contributed by atoms with E-state index in [4.69, 9.17) is 23.7 Å². The maximum atomic E-state index is 16.4. The lowest BCUT2D eigenvalue weighted by Crippen LogP contribution is -2.60. The van der Waals surface area contributed by atoms with Crippen LogP contribution in [0.2, 0.25) is 0 Å². The number of carbonyl (C=O) groups is 13. The number of fused-ring (bicyclic) bond motifs is 5. The second-order valence-corrected chi connectivity index (χ2v) is 42.7. The first-order chi connectivity index (χ1) is 67.5. The minimum Gasteiger partial charge on any atom is -0.448 e. The Balaban J connectivity index is 0.920. The SMILES string of the molecule is CCCC[C@@H](C(=O)N(C)[C@@H](CCCC)C(=O)C[C@@H](CCCNC(=O)OC(C)(C)C)C(=O)N[C@@H](CSC(c1ccccc1)(c1ccccc1)c1ccccc1)C(=O)CCC(=O)NC)N(C)C(=O)[C@H](Cc1csc2ccccc12)NC(=O)[C@H](CCNC(=O)OC(C)(C)C)NC(=O)[C@H](Cc1cn(C(=O)OC(C)(C)C)c2ccccc12)NC(=O)[C@@H]1C[C@@H](OC(C)(C)C)CN1C(=O)OCC1c2ccccc2-c2ccccc21. The summed E-state index contributed by atoms with van der Waals surface area (Å²) in [5, 5.41) is 23.2. The van der Waals surface area contributed by atoms with E-state index < -0.39 is 165 Å². The van der Waals surface area contributed by atoms with Crippen molar-refractivity contribution >= 4 is 121 Å². The fourth-order valence-electron chi connectivity index (χ4n) is 18.4. The van der Waals surface area contributed by atoms with E-state index in [9.17, 15) is 28.8 Å². The van der Waals surface area contributed by atoms with Crippen LogP contribution in [0.1, 0.15) is 225 Å². The Morgan fingerprint density at radius 1 is 0.486 bits per heavy atom. The first-order valence-electron chi connectivity index (χ1n) is 49.3. The van der Waals surface area contributed by atoms with Crippen LogP contribution in [-0.2, 0) is 84.4 Å². The third-order valence-corrected chi connectivity index (χ3v) is 27.8. The van der Waals surface area contributed by atoms with Crippen molar-refractivity contribution in [1.82, 2.24) is 56.5 Å². The topological polar surface area (TPSA) is 367 Å². The molecular formula is C111H141N11O18S2. The maximum absolute atomic E-state index is 16.4. The summed E-state index contributed by atoms with van der Waals surface area (Å²) in [6.07, 6.45) is -1.85. The normalized spacial score (nSPS) is 15.3. The van der Waals surface area contributed by atoms with Crippen LogP contribution in [0.25, 0.3) is 32.1 Å². The number of rotatable bonds is 45. The van der Waals surface area contributed by atoms with E-state index in [0.29, 0.717) is 47.7 Å². The molecule has 7 N–H and O–H groups in total. The predicted molar refractivity (Wildman–Crippen MR) is 553 cm³/mol. The average molecular weight is 1980 g/mol. The summed E-state index contributed by atoms with van der Waals surface area (Å²) in [7, 11) is 4.42. The van der Waals surface area contributed by atoms with Crippen molar-refractivity contribution in [3.8, 4) is 11.1 Å². The number of likely N-dealkylation sites (N-methyl/N-ethyl adjacent to an activating group) is 2. The fraction of sp³-hybridized carbons (Fsp3) is 0.468. The molecule has 10 amide bonds. The summed E-state index contributed by atoms with van der Waals surface area (Å²) in [6.45, 7) is 24.3. The monoisotopic (exact) mass is 1980 g/mol. The van der Waals surface area contributed by atoms with E-state index in [-0.39, 0.29) is 102 Å². The molecule has 11 rings (SSSR count). The van der Waals surface area contributed by atoms with Gasteiger partial charge < -0.3 is 70.7 Å². The number of unbranched alkanes of at least 4 members (excludes halogenated alkanes) is 2. The third-order valence-electron chi connectivity index (χ3n) is 25.2. The van der Waals surface area contributed by atoms with E-state index in [1.54, 1.807) is 86.6 Å². The Bertz CT molecular complexity index is 5740. The molecule has 7 aromatic carbocycles. The van der Waals surface area contributed by atoms with Crippen molar-refractivity contribution in [2.45, 2.75) is 275 Å². The smallest absolute Gasteiger partial charge is 0.419 e. The van der Waals surface area contributed by atoms with Crippen LogP contribution in [0.4, 0.5) is 19.2 Å². The number of benzene rings is 7. The van der Waals surface area contributed by atoms with Gasteiger partial charge in [0.25, 0.3) is 0 Å². The number of Topliss-reactive ketones (excluding diaryl/α,β-unsaturated/α-hetero) is 2. The van der Waals surface area contributed by atoms with Gasteiger partial charge in [0, 0.05) is 107 Å². The van der Waals surface area contributed by atoms with Crippen molar-refractivity contribution in [2.75, 3.05) is 53.1 Å². The molecular weight excluding hydrogens is 1840 g/mol. The van der Waals surface area contributed by atoms with Crippen LogP contribution < -0.4 is 37.2 Å². The van der Waals surface area contributed by atoms with Crippen LogP contribution in [0.15, 0.2) is 200 Å². The van der Waals surface area contributed by atoms with Gasteiger partial charge in [0.1, 0.15) is 53.6 Å². The van der Waals surface area contributed by atoms with Crippen LogP contribution >= 0.6 is 23.1 Å². The molecule has 0 spiro atoms. The van der Waals surface area contributed by atoms with Crippen LogP contribution in [0, 0.1) is 5.92 Å². The first kappa shape index (κ1) is 110. The van der Waals surface area contributed by atoms with Crippen molar-refractivity contribution in [1.29, 1.82) is 0 Å². The summed E-state index contributed by atoms with van der Waals surface area (Å²) in [5.74, 6) is -7.60. The molecule has 9 atom stereocenters. The molecule has 2 aliphatic rings. The number of ether oxygens (including phenoxy) is 5. The molecule has 0 radical (unpaired) electrons. The molecule has 142 heavy (non-hydrogen) atoms. The zero-order chi connectivity index (χ0) is 103. The number of nitrogens with zero attached hydrogens (tertiary/aromatic N) is 4. The van der Waals surface area contributed by atoms with Gasteiger partial charge in [-0.25, -0.2) is 19.2 Å². The number of nitrogens with one attached hydrogen (secondary N) is 7. The van der Waals surface area contributed by atoms with E-state index >= 15 is 33.6 Å². The number of hydrogen-bond donors (Lipinski definition) is 7. The number of ketones is 2. The van der Waals surface area contributed by atoms with Crippen LogP contribution in [-0.4, -0.2) is 220 Å². The standard InChI is InChI=1S/C111H141N11O18S2/c1-18-20-53-90(94(124)64-71(40-39-60-113-103(132)138-108(6,7)8)97(126)118-88(93(123)57-58-96(125)112-15)70-142-111(74-41-25-22-26-42-74,75-43-27-23-28-44-75)76-45-29-24-30-46-76)119(16)102(131)91(54-21-19-2)120(17)101(130)87(63-73-69-141-95-56-38-36-48-79(73)95)117-98(127)85(59-61-114-104(133)139-109(9,10)11)115-99(128)86(62-72-66-121(106(135)140-110(12,13)14)89-55-37-35-47-78(72)89)116-100(129)92-65-77(137-107(3,4)5)67-122(92)105(134)136-68-84-82-51-33-31-49-80(82)81-50-32-34-52-83(81)84/h22-38,41-52,55-56,66,69,71,77,84-88,90-92H,18-21,39-40,53-54,57-65,67-68,70H2,1-17H3,(H,112,125)(H,113,132)(H,114,133)(H,115,128)(H,116,129)(H,117,127)(H,118,126)/t71-,77-,85+,86+,87+,88+,90+,91+,92+/m1/s1. The van der Waals surface area contributed by atoms with Gasteiger partial charge in [-0.1, -0.05) is 215 Å². The lowest BCUT2D eigenvalue weighted by Gasteiger charge is -2.37. The van der Waals surface area contributed by atoms with Gasteiger partial charge in [-0.3, -0.25) is 52.6 Å². The van der Waals surface area contributed by atoms with E-state index in [0.717, 1.165) is 49.0 Å². The number of thiophene rings is 1. The molecule has 3 heterocycles. The van der Waals surface area contributed by atoms with Crippen molar-refractivity contribution < 1.29 is 86.0 Å².